The Labute approximate surface area is 122 Å². The quantitative estimate of drug-likeness (QED) is 0.454. The van der Waals surface area contributed by atoms with Crippen molar-refractivity contribution in [2.75, 3.05) is 31.6 Å². The number of hydrogen-bond acceptors (Lipinski definition) is 6. The van der Waals surface area contributed by atoms with Gasteiger partial charge in [-0.15, -0.1) is 0 Å². The fourth-order valence-electron chi connectivity index (χ4n) is 2.28. The van der Waals surface area contributed by atoms with E-state index < -0.39 is 4.92 Å². The highest BCUT2D eigenvalue weighted by molar-refractivity contribution is 5.68. The maximum Gasteiger partial charge on any atom is 0.296 e. The van der Waals surface area contributed by atoms with Gasteiger partial charge in [-0.1, -0.05) is 0 Å². The smallest absolute Gasteiger partial charge is 0.296 e. The van der Waals surface area contributed by atoms with E-state index in [0.29, 0.717) is 43.0 Å². The second-order valence-corrected chi connectivity index (χ2v) is 5.28. The van der Waals surface area contributed by atoms with Gasteiger partial charge in [0, 0.05) is 18.7 Å². The summed E-state index contributed by atoms with van der Waals surface area (Å²) in [6.07, 6.45) is 3.45. The minimum atomic E-state index is -0.400. The molecule has 0 amide bonds. The van der Waals surface area contributed by atoms with Crippen LogP contribution in [0.15, 0.2) is 12.1 Å². The lowest BCUT2D eigenvalue weighted by molar-refractivity contribution is -0.384. The Kier molecular flexibility index (Phi) is 4.10. The first-order valence-corrected chi connectivity index (χ1v) is 7.29. The van der Waals surface area contributed by atoms with E-state index in [1.807, 2.05) is 0 Å². The number of nitrogens with one attached hydrogen (secondary N) is 2. The Balaban J connectivity index is 1.62. The zero-order valence-electron chi connectivity index (χ0n) is 11.8. The van der Waals surface area contributed by atoms with Crippen molar-refractivity contribution in [1.82, 2.24) is 5.32 Å². The molecule has 21 heavy (non-hydrogen) atoms. The summed E-state index contributed by atoms with van der Waals surface area (Å²) in [7, 11) is 0. The van der Waals surface area contributed by atoms with E-state index >= 15 is 0 Å². The maximum atomic E-state index is 11.2. The van der Waals surface area contributed by atoms with Gasteiger partial charge in [0.2, 0.25) is 0 Å². The van der Waals surface area contributed by atoms with E-state index in [4.69, 9.17) is 9.47 Å². The van der Waals surface area contributed by atoms with Gasteiger partial charge < -0.3 is 20.1 Å². The maximum absolute atomic E-state index is 11.2. The summed E-state index contributed by atoms with van der Waals surface area (Å²) in [6.45, 7) is 2.50. The largest absolute Gasteiger partial charge is 0.486 e. The zero-order valence-corrected chi connectivity index (χ0v) is 11.8. The van der Waals surface area contributed by atoms with Crippen molar-refractivity contribution in [3.8, 4) is 11.5 Å². The highest BCUT2D eigenvalue weighted by Gasteiger charge is 2.22. The lowest BCUT2D eigenvalue weighted by Crippen LogP contribution is -2.20. The summed E-state index contributed by atoms with van der Waals surface area (Å²) < 4.78 is 10.8. The third-order valence-electron chi connectivity index (χ3n) is 3.54. The molecule has 2 aliphatic rings. The van der Waals surface area contributed by atoms with Gasteiger partial charge in [0.25, 0.3) is 5.69 Å². The lowest BCUT2D eigenvalue weighted by atomic mass is 10.2. The number of nitro benzene ring substituents is 1. The second-order valence-electron chi connectivity index (χ2n) is 5.28. The molecule has 1 aromatic carbocycles. The summed E-state index contributed by atoms with van der Waals surface area (Å²) >= 11 is 0. The summed E-state index contributed by atoms with van der Waals surface area (Å²) in [4.78, 5) is 10.8. The van der Waals surface area contributed by atoms with Crippen molar-refractivity contribution in [2.45, 2.75) is 25.3 Å². The molecule has 1 aliphatic heterocycles. The van der Waals surface area contributed by atoms with Crippen LogP contribution in [0.3, 0.4) is 0 Å². The summed E-state index contributed by atoms with van der Waals surface area (Å²) in [5.41, 5.74) is 0.505. The molecule has 7 heteroatoms. The van der Waals surface area contributed by atoms with Gasteiger partial charge in [0.05, 0.1) is 11.0 Å². The molecular formula is C14H19N3O4. The molecule has 1 aromatic rings. The number of hydrogen-bond donors (Lipinski definition) is 2. The van der Waals surface area contributed by atoms with Gasteiger partial charge in [0.15, 0.2) is 11.5 Å². The predicted molar refractivity (Wildman–Crippen MR) is 78.2 cm³/mol. The topological polar surface area (TPSA) is 85.7 Å². The van der Waals surface area contributed by atoms with Gasteiger partial charge in [-0.25, -0.2) is 0 Å². The SMILES string of the molecule is O=[N+]([O-])c1cc2c(cc1NCCCNC1CC1)OCCO2. The monoisotopic (exact) mass is 293 g/mol. The molecule has 114 valence electrons. The van der Waals surface area contributed by atoms with Crippen LogP contribution in [-0.4, -0.2) is 37.3 Å². The molecule has 1 heterocycles. The fraction of sp³-hybridized carbons (Fsp3) is 0.571. The van der Waals surface area contributed by atoms with Gasteiger partial charge in [-0.2, -0.15) is 0 Å². The third-order valence-corrected chi connectivity index (χ3v) is 3.54. The van der Waals surface area contributed by atoms with Crippen LogP contribution >= 0.6 is 0 Å². The van der Waals surface area contributed by atoms with Crippen molar-refractivity contribution in [3.05, 3.63) is 22.2 Å². The lowest BCUT2D eigenvalue weighted by Gasteiger charge is -2.19. The summed E-state index contributed by atoms with van der Waals surface area (Å²) in [5.74, 6) is 0.999. The molecule has 1 saturated carbocycles. The van der Waals surface area contributed by atoms with E-state index in [0.717, 1.165) is 13.0 Å². The number of fused-ring (bicyclic) bond motifs is 1. The predicted octanol–water partition coefficient (Wildman–Crippen LogP) is 1.92. The van der Waals surface area contributed by atoms with E-state index in [2.05, 4.69) is 10.6 Å². The Bertz CT molecular complexity index is 531. The first-order chi connectivity index (χ1) is 10.2. The van der Waals surface area contributed by atoms with Crippen molar-refractivity contribution < 1.29 is 14.4 Å². The molecule has 0 saturated heterocycles. The van der Waals surface area contributed by atoms with E-state index in [1.165, 1.54) is 18.9 Å². The second kappa shape index (κ2) is 6.17. The van der Waals surface area contributed by atoms with E-state index in [-0.39, 0.29) is 5.69 Å². The number of benzene rings is 1. The van der Waals surface area contributed by atoms with Crippen LogP contribution in [0.25, 0.3) is 0 Å². The molecule has 0 bridgehead atoms. The summed E-state index contributed by atoms with van der Waals surface area (Å²) in [6, 6.07) is 3.77. The van der Waals surface area contributed by atoms with Gasteiger partial charge in [-0.05, 0) is 25.8 Å². The van der Waals surface area contributed by atoms with Crippen LogP contribution in [0.4, 0.5) is 11.4 Å². The highest BCUT2D eigenvalue weighted by atomic mass is 16.6. The zero-order chi connectivity index (χ0) is 14.7. The molecule has 0 aromatic heterocycles. The molecular weight excluding hydrogens is 274 g/mol. The van der Waals surface area contributed by atoms with Gasteiger partial charge in [0.1, 0.15) is 18.9 Å². The normalized spacial score (nSPS) is 16.6. The van der Waals surface area contributed by atoms with Crippen LogP contribution < -0.4 is 20.1 Å². The van der Waals surface area contributed by atoms with Crippen LogP contribution in [0.2, 0.25) is 0 Å². The van der Waals surface area contributed by atoms with Crippen LogP contribution in [-0.2, 0) is 0 Å². The Morgan fingerprint density at radius 3 is 2.57 bits per heavy atom. The van der Waals surface area contributed by atoms with Crippen LogP contribution in [0.1, 0.15) is 19.3 Å². The minimum Gasteiger partial charge on any atom is -0.486 e. The molecule has 0 unspecified atom stereocenters. The minimum absolute atomic E-state index is 0.0226. The van der Waals surface area contributed by atoms with Crippen LogP contribution in [0, 0.1) is 10.1 Å². The van der Waals surface area contributed by atoms with Crippen molar-refractivity contribution in [3.63, 3.8) is 0 Å². The third kappa shape index (κ3) is 3.55. The van der Waals surface area contributed by atoms with Gasteiger partial charge in [-0.3, -0.25) is 10.1 Å². The molecule has 1 aliphatic carbocycles. The molecule has 3 rings (SSSR count). The van der Waals surface area contributed by atoms with E-state index in [1.54, 1.807) is 6.07 Å². The molecule has 2 N–H and O–H groups in total. The number of rotatable bonds is 7. The molecule has 1 fully saturated rings. The van der Waals surface area contributed by atoms with Crippen LogP contribution in [0.5, 0.6) is 11.5 Å². The number of nitrogens with zero attached hydrogens (tertiary/aromatic N) is 1. The number of ether oxygens (including phenoxy) is 2. The van der Waals surface area contributed by atoms with Crippen molar-refractivity contribution >= 4 is 11.4 Å². The molecule has 7 nitrogen and oxygen atoms in total. The number of nitro groups is 1. The molecule has 0 spiro atoms. The Hall–Kier alpha value is -2.02. The van der Waals surface area contributed by atoms with E-state index in [9.17, 15) is 10.1 Å². The number of anilines is 1. The Morgan fingerprint density at radius 2 is 1.90 bits per heavy atom. The Morgan fingerprint density at radius 1 is 1.19 bits per heavy atom. The van der Waals surface area contributed by atoms with Crippen molar-refractivity contribution in [1.29, 1.82) is 0 Å². The molecule has 0 radical (unpaired) electrons. The fourth-order valence-corrected chi connectivity index (χ4v) is 2.28. The molecule has 0 atom stereocenters. The average Bonchev–Trinajstić information content (AvgIpc) is 3.30. The highest BCUT2D eigenvalue weighted by Crippen LogP contribution is 2.39. The summed E-state index contributed by atoms with van der Waals surface area (Å²) in [5, 5.41) is 17.7. The average molecular weight is 293 g/mol. The standard InChI is InChI=1S/C14H19N3O4/c18-17(19)12-9-14-13(20-6-7-21-14)8-11(12)16-5-1-4-15-10-2-3-10/h8-10,15-16H,1-7H2. The van der Waals surface area contributed by atoms with Gasteiger partial charge >= 0.3 is 0 Å². The first kappa shape index (κ1) is 13.9. The van der Waals surface area contributed by atoms with Crippen molar-refractivity contribution in [2.24, 2.45) is 0 Å². The first-order valence-electron chi connectivity index (χ1n) is 7.29.